The fraction of sp³-hybridized carbons (Fsp3) is 0.333. The Labute approximate surface area is 174 Å². The highest BCUT2D eigenvalue weighted by atomic mass is 32.2. The molecule has 1 saturated heterocycles. The molecule has 0 aliphatic carbocycles. The summed E-state index contributed by atoms with van der Waals surface area (Å²) in [6.07, 6.45) is 3.05. The molecule has 1 aliphatic heterocycles. The molecule has 1 aliphatic rings. The topological polar surface area (TPSA) is 76.6 Å². The number of fused-ring (bicyclic) bond motifs is 1. The molecule has 3 aromatic rings. The van der Waals surface area contributed by atoms with Gasteiger partial charge in [0, 0.05) is 18.4 Å². The SMILES string of the molecule is CS(=O)(=O)Cc1cccc(C(=O)N(CC2CCCO2)c2nc3ccccc3s2)c1. The van der Waals surface area contributed by atoms with Gasteiger partial charge in [0.1, 0.15) is 0 Å². The van der Waals surface area contributed by atoms with Gasteiger partial charge in [0.15, 0.2) is 15.0 Å². The van der Waals surface area contributed by atoms with Crippen molar-refractivity contribution in [2.75, 3.05) is 24.3 Å². The van der Waals surface area contributed by atoms with Crippen molar-refractivity contribution in [3.63, 3.8) is 0 Å². The van der Waals surface area contributed by atoms with Crippen LogP contribution in [0.1, 0.15) is 28.8 Å². The van der Waals surface area contributed by atoms with Crippen LogP contribution in [0.15, 0.2) is 48.5 Å². The number of carbonyl (C=O) groups excluding carboxylic acids is 1. The lowest BCUT2D eigenvalue weighted by molar-refractivity contribution is 0.0917. The van der Waals surface area contributed by atoms with Crippen LogP contribution in [0.3, 0.4) is 0 Å². The Bertz CT molecular complexity index is 1100. The maximum atomic E-state index is 13.4. The standard InChI is InChI=1S/C21H22N2O4S2/c1-29(25,26)14-15-6-4-7-16(12-15)20(24)23(13-17-8-5-11-27-17)21-22-18-9-2-3-10-19(18)28-21/h2-4,6-7,9-10,12,17H,5,8,11,13-14H2,1H3. The number of amides is 1. The molecule has 1 atom stereocenters. The second-order valence-corrected chi connectivity index (χ2v) is 10.4. The van der Waals surface area contributed by atoms with E-state index in [4.69, 9.17) is 4.74 Å². The average Bonchev–Trinajstić information content (AvgIpc) is 3.33. The summed E-state index contributed by atoms with van der Waals surface area (Å²) in [5, 5.41) is 0.625. The molecule has 1 fully saturated rings. The van der Waals surface area contributed by atoms with E-state index in [1.807, 2.05) is 24.3 Å². The van der Waals surface area contributed by atoms with Gasteiger partial charge in [-0.2, -0.15) is 0 Å². The van der Waals surface area contributed by atoms with E-state index in [-0.39, 0.29) is 17.8 Å². The quantitative estimate of drug-likeness (QED) is 0.596. The first-order chi connectivity index (χ1) is 13.9. The third-order valence-corrected chi connectivity index (χ3v) is 6.69. The molecule has 0 saturated carbocycles. The Morgan fingerprint density at radius 3 is 2.79 bits per heavy atom. The zero-order valence-corrected chi connectivity index (χ0v) is 17.7. The van der Waals surface area contributed by atoms with E-state index in [0.29, 0.717) is 29.4 Å². The first kappa shape index (κ1) is 20.0. The molecule has 1 amide bonds. The number of benzene rings is 2. The number of nitrogens with zero attached hydrogens (tertiary/aromatic N) is 2. The van der Waals surface area contributed by atoms with Gasteiger partial charge in [-0.05, 0) is 42.7 Å². The van der Waals surface area contributed by atoms with Crippen molar-refractivity contribution in [3.8, 4) is 0 Å². The molecule has 1 aromatic heterocycles. The van der Waals surface area contributed by atoms with Crippen LogP contribution in [0, 0.1) is 0 Å². The third-order valence-electron chi connectivity index (χ3n) is 4.77. The minimum atomic E-state index is -3.18. The summed E-state index contributed by atoms with van der Waals surface area (Å²) >= 11 is 1.47. The number of rotatable bonds is 6. The number of para-hydroxylation sites is 1. The van der Waals surface area contributed by atoms with Crippen LogP contribution in [0.4, 0.5) is 5.13 Å². The predicted octanol–water partition coefficient (Wildman–Crippen LogP) is 3.67. The van der Waals surface area contributed by atoms with E-state index >= 15 is 0 Å². The van der Waals surface area contributed by atoms with Gasteiger partial charge in [0.2, 0.25) is 0 Å². The summed E-state index contributed by atoms with van der Waals surface area (Å²) in [5.41, 5.74) is 1.89. The normalized spacial score (nSPS) is 16.9. The van der Waals surface area contributed by atoms with Crippen molar-refractivity contribution in [2.45, 2.75) is 24.7 Å². The smallest absolute Gasteiger partial charge is 0.260 e. The molecule has 0 spiro atoms. The number of thiazole rings is 1. The van der Waals surface area contributed by atoms with Crippen LogP contribution in [-0.4, -0.2) is 44.8 Å². The zero-order chi connectivity index (χ0) is 20.4. The summed E-state index contributed by atoms with van der Waals surface area (Å²) in [6, 6.07) is 14.6. The molecule has 29 heavy (non-hydrogen) atoms. The number of hydrogen-bond acceptors (Lipinski definition) is 6. The number of sulfone groups is 1. The van der Waals surface area contributed by atoms with E-state index in [1.54, 1.807) is 29.2 Å². The summed E-state index contributed by atoms with van der Waals surface area (Å²) in [7, 11) is -3.18. The zero-order valence-electron chi connectivity index (χ0n) is 16.1. The number of aromatic nitrogens is 1. The van der Waals surface area contributed by atoms with Crippen LogP contribution >= 0.6 is 11.3 Å². The maximum absolute atomic E-state index is 13.4. The highest BCUT2D eigenvalue weighted by Gasteiger charge is 2.27. The van der Waals surface area contributed by atoms with Crippen molar-refractivity contribution in [1.82, 2.24) is 4.98 Å². The molecule has 152 valence electrons. The Hall–Kier alpha value is -2.29. The summed E-state index contributed by atoms with van der Waals surface area (Å²) in [6.45, 7) is 1.13. The van der Waals surface area contributed by atoms with Gasteiger partial charge < -0.3 is 4.74 Å². The highest BCUT2D eigenvalue weighted by molar-refractivity contribution is 7.89. The van der Waals surface area contributed by atoms with Gasteiger partial charge >= 0.3 is 0 Å². The van der Waals surface area contributed by atoms with Gasteiger partial charge in [-0.15, -0.1) is 0 Å². The van der Waals surface area contributed by atoms with Crippen molar-refractivity contribution in [3.05, 3.63) is 59.7 Å². The molecule has 1 unspecified atom stereocenters. The lowest BCUT2D eigenvalue weighted by Crippen LogP contribution is -2.37. The maximum Gasteiger partial charge on any atom is 0.260 e. The fourth-order valence-electron chi connectivity index (χ4n) is 3.47. The lowest BCUT2D eigenvalue weighted by atomic mass is 10.1. The fourth-order valence-corrected chi connectivity index (χ4v) is 5.23. The van der Waals surface area contributed by atoms with Crippen LogP contribution in [-0.2, 0) is 20.3 Å². The van der Waals surface area contributed by atoms with Crippen LogP contribution in [0.2, 0.25) is 0 Å². The molecule has 0 radical (unpaired) electrons. The van der Waals surface area contributed by atoms with E-state index in [9.17, 15) is 13.2 Å². The molecule has 0 N–H and O–H groups in total. The monoisotopic (exact) mass is 430 g/mol. The van der Waals surface area contributed by atoms with Crippen molar-refractivity contribution in [2.24, 2.45) is 0 Å². The van der Waals surface area contributed by atoms with E-state index in [1.165, 1.54) is 17.6 Å². The van der Waals surface area contributed by atoms with E-state index < -0.39 is 9.84 Å². The van der Waals surface area contributed by atoms with Gasteiger partial charge in [0.05, 0.1) is 28.6 Å². The van der Waals surface area contributed by atoms with Crippen molar-refractivity contribution in [1.29, 1.82) is 0 Å². The van der Waals surface area contributed by atoms with Crippen molar-refractivity contribution < 1.29 is 17.9 Å². The van der Waals surface area contributed by atoms with Crippen LogP contribution in [0.25, 0.3) is 10.2 Å². The van der Waals surface area contributed by atoms with Crippen molar-refractivity contribution >= 4 is 42.4 Å². The summed E-state index contributed by atoms with van der Waals surface area (Å²) in [5.74, 6) is -0.295. The van der Waals surface area contributed by atoms with Crippen LogP contribution in [0.5, 0.6) is 0 Å². The minimum absolute atomic E-state index is 0.0230. The molecule has 0 bridgehead atoms. The molecular formula is C21H22N2O4S2. The number of ether oxygens (including phenoxy) is 1. The van der Waals surface area contributed by atoms with Gasteiger partial charge in [-0.25, -0.2) is 13.4 Å². The Morgan fingerprint density at radius 1 is 1.24 bits per heavy atom. The largest absolute Gasteiger partial charge is 0.376 e. The molecule has 4 rings (SSSR count). The first-order valence-electron chi connectivity index (χ1n) is 9.45. The molecule has 8 heteroatoms. The molecule has 2 heterocycles. The molecule has 2 aromatic carbocycles. The van der Waals surface area contributed by atoms with Crippen LogP contribution < -0.4 is 4.90 Å². The highest BCUT2D eigenvalue weighted by Crippen LogP contribution is 2.31. The third kappa shape index (κ3) is 4.83. The van der Waals surface area contributed by atoms with Gasteiger partial charge in [-0.3, -0.25) is 9.69 Å². The second-order valence-electron chi connectivity index (χ2n) is 7.29. The van der Waals surface area contributed by atoms with Gasteiger partial charge in [-0.1, -0.05) is 35.6 Å². The summed E-state index contributed by atoms with van der Waals surface area (Å²) < 4.78 is 30.1. The average molecular weight is 431 g/mol. The Kier molecular flexibility index (Phi) is 5.67. The minimum Gasteiger partial charge on any atom is -0.376 e. The Balaban J connectivity index is 1.68. The molecule has 6 nitrogen and oxygen atoms in total. The number of hydrogen-bond donors (Lipinski definition) is 0. The van der Waals surface area contributed by atoms with Gasteiger partial charge in [0.25, 0.3) is 5.91 Å². The summed E-state index contributed by atoms with van der Waals surface area (Å²) in [4.78, 5) is 19.7. The number of carbonyl (C=O) groups is 1. The predicted molar refractivity (Wildman–Crippen MR) is 115 cm³/mol. The Morgan fingerprint density at radius 2 is 2.07 bits per heavy atom. The lowest BCUT2D eigenvalue weighted by Gasteiger charge is -2.23. The number of anilines is 1. The van der Waals surface area contributed by atoms with E-state index in [2.05, 4.69) is 4.98 Å². The first-order valence-corrected chi connectivity index (χ1v) is 12.3. The molecular weight excluding hydrogens is 408 g/mol. The second kappa shape index (κ2) is 8.22. The van der Waals surface area contributed by atoms with E-state index in [0.717, 1.165) is 23.1 Å².